The number of aromatic hydroxyl groups is 1. The van der Waals surface area contributed by atoms with Crippen molar-refractivity contribution in [3.8, 4) is 5.75 Å². The Morgan fingerprint density at radius 3 is 2.48 bits per heavy atom. The van der Waals surface area contributed by atoms with Crippen LogP contribution in [0.15, 0.2) is 48.5 Å². The van der Waals surface area contributed by atoms with E-state index in [4.69, 9.17) is 0 Å². The molecule has 0 unspecified atom stereocenters. The fourth-order valence-electron chi connectivity index (χ4n) is 1.67. The van der Waals surface area contributed by atoms with E-state index in [1.54, 1.807) is 0 Å². The summed E-state index contributed by atoms with van der Waals surface area (Å²) < 4.78 is 12.7. The number of ketones is 1. The number of phenols is 1. The van der Waals surface area contributed by atoms with Gasteiger partial charge < -0.3 is 5.11 Å². The van der Waals surface area contributed by atoms with Gasteiger partial charge in [-0.15, -0.1) is 0 Å². The molecule has 0 aliphatic rings. The van der Waals surface area contributed by atoms with Crippen molar-refractivity contribution in [1.82, 2.24) is 0 Å². The largest absolute Gasteiger partial charge is 0.502 e. The smallest absolute Gasteiger partial charge is 0.311 e. The summed E-state index contributed by atoms with van der Waals surface area (Å²) in [6, 6.07) is 8.82. The number of nitro groups is 1. The lowest BCUT2D eigenvalue weighted by molar-refractivity contribution is -0.385. The maximum atomic E-state index is 12.7. The highest BCUT2D eigenvalue weighted by Gasteiger charge is 2.12. The standard InChI is InChI=1S/C15H10FNO4/c16-12-5-3-11(4-6-12)14(18)7-1-10-2-8-15(19)13(9-10)17(20)21/h1-9,19H/b7-1+. The third kappa shape index (κ3) is 3.50. The van der Waals surface area contributed by atoms with Crippen LogP contribution in [0.2, 0.25) is 0 Å². The molecular weight excluding hydrogens is 277 g/mol. The average molecular weight is 287 g/mol. The Balaban J connectivity index is 2.21. The predicted molar refractivity (Wildman–Crippen MR) is 74.5 cm³/mol. The predicted octanol–water partition coefficient (Wildman–Crippen LogP) is 3.34. The number of hydrogen-bond donors (Lipinski definition) is 1. The Labute approximate surface area is 119 Å². The summed E-state index contributed by atoms with van der Waals surface area (Å²) in [5.74, 6) is -1.24. The lowest BCUT2D eigenvalue weighted by atomic mass is 10.1. The lowest BCUT2D eigenvalue weighted by Gasteiger charge is -1.98. The van der Waals surface area contributed by atoms with Gasteiger partial charge in [-0.05, 0) is 42.0 Å². The fraction of sp³-hybridized carbons (Fsp3) is 0. The van der Waals surface area contributed by atoms with E-state index in [0.29, 0.717) is 11.1 Å². The van der Waals surface area contributed by atoms with E-state index in [1.807, 2.05) is 0 Å². The molecule has 0 saturated heterocycles. The van der Waals surface area contributed by atoms with Crippen molar-refractivity contribution in [1.29, 1.82) is 0 Å². The summed E-state index contributed by atoms with van der Waals surface area (Å²) in [7, 11) is 0. The van der Waals surface area contributed by atoms with Crippen LogP contribution in [0.4, 0.5) is 10.1 Å². The molecule has 0 atom stereocenters. The zero-order valence-electron chi connectivity index (χ0n) is 10.7. The van der Waals surface area contributed by atoms with Gasteiger partial charge >= 0.3 is 5.69 Å². The SMILES string of the molecule is O=C(/C=C/c1ccc(O)c([N+](=O)[O-])c1)c1ccc(F)cc1. The van der Waals surface area contributed by atoms with E-state index >= 15 is 0 Å². The maximum absolute atomic E-state index is 12.7. The summed E-state index contributed by atoms with van der Waals surface area (Å²) in [6.45, 7) is 0. The van der Waals surface area contributed by atoms with Crippen LogP contribution in [0.25, 0.3) is 6.08 Å². The third-order valence-corrected chi connectivity index (χ3v) is 2.75. The van der Waals surface area contributed by atoms with Crippen LogP contribution in [0.5, 0.6) is 5.75 Å². The van der Waals surface area contributed by atoms with E-state index in [-0.39, 0.29) is 5.78 Å². The number of rotatable bonds is 4. The van der Waals surface area contributed by atoms with Crippen LogP contribution in [-0.2, 0) is 0 Å². The summed E-state index contributed by atoms with van der Waals surface area (Å²) in [4.78, 5) is 21.8. The highest BCUT2D eigenvalue weighted by atomic mass is 19.1. The molecule has 2 aromatic rings. The number of nitrogens with zero attached hydrogens (tertiary/aromatic N) is 1. The van der Waals surface area contributed by atoms with Crippen LogP contribution < -0.4 is 0 Å². The Hall–Kier alpha value is -3.02. The van der Waals surface area contributed by atoms with Gasteiger partial charge in [-0.1, -0.05) is 12.1 Å². The van der Waals surface area contributed by atoms with Gasteiger partial charge in [-0.2, -0.15) is 0 Å². The topological polar surface area (TPSA) is 80.4 Å². The average Bonchev–Trinajstić information content (AvgIpc) is 2.46. The number of phenolic OH excluding ortho intramolecular Hbond substituents is 1. The molecule has 0 spiro atoms. The monoisotopic (exact) mass is 287 g/mol. The molecule has 0 amide bonds. The van der Waals surface area contributed by atoms with Gasteiger partial charge in [0, 0.05) is 11.6 Å². The first-order valence-electron chi connectivity index (χ1n) is 5.93. The second-order valence-corrected chi connectivity index (χ2v) is 4.21. The zero-order valence-corrected chi connectivity index (χ0v) is 10.7. The summed E-state index contributed by atoms with van der Waals surface area (Å²) in [6.07, 6.45) is 2.61. The van der Waals surface area contributed by atoms with E-state index in [2.05, 4.69) is 0 Å². The molecule has 2 aromatic carbocycles. The van der Waals surface area contributed by atoms with E-state index in [0.717, 1.165) is 6.07 Å². The van der Waals surface area contributed by atoms with Crippen molar-refractivity contribution < 1.29 is 19.2 Å². The van der Waals surface area contributed by atoms with Crippen LogP contribution in [0.3, 0.4) is 0 Å². The van der Waals surface area contributed by atoms with Crippen LogP contribution in [0.1, 0.15) is 15.9 Å². The van der Waals surface area contributed by atoms with Gasteiger partial charge in [0.1, 0.15) is 5.82 Å². The zero-order chi connectivity index (χ0) is 15.4. The van der Waals surface area contributed by atoms with Crippen molar-refractivity contribution >= 4 is 17.5 Å². The number of carbonyl (C=O) groups is 1. The van der Waals surface area contributed by atoms with Crippen molar-refractivity contribution in [2.24, 2.45) is 0 Å². The molecule has 2 rings (SSSR count). The minimum Gasteiger partial charge on any atom is -0.502 e. The van der Waals surface area contributed by atoms with Gasteiger partial charge in [-0.25, -0.2) is 4.39 Å². The Bertz CT molecular complexity index is 723. The van der Waals surface area contributed by atoms with Crippen LogP contribution in [-0.4, -0.2) is 15.8 Å². The fourth-order valence-corrected chi connectivity index (χ4v) is 1.67. The molecule has 0 aromatic heterocycles. The van der Waals surface area contributed by atoms with Crippen molar-refractivity contribution in [3.05, 3.63) is 75.6 Å². The number of nitro benzene ring substituents is 1. The van der Waals surface area contributed by atoms with Crippen LogP contribution >= 0.6 is 0 Å². The first-order chi connectivity index (χ1) is 9.97. The van der Waals surface area contributed by atoms with Crippen LogP contribution in [0, 0.1) is 15.9 Å². The van der Waals surface area contributed by atoms with E-state index < -0.39 is 22.2 Å². The quantitative estimate of drug-likeness (QED) is 0.405. The minimum absolute atomic E-state index is 0.306. The molecule has 0 radical (unpaired) electrons. The number of allylic oxidation sites excluding steroid dienone is 1. The van der Waals surface area contributed by atoms with Gasteiger partial charge in [0.15, 0.2) is 11.5 Å². The Morgan fingerprint density at radius 2 is 1.86 bits per heavy atom. The summed E-state index contributed by atoms with van der Waals surface area (Å²) >= 11 is 0. The summed E-state index contributed by atoms with van der Waals surface area (Å²) in [5.41, 5.74) is 0.266. The maximum Gasteiger partial charge on any atom is 0.311 e. The first kappa shape index (κ1) is 14.4. The molecule has 0 heterocycles. The Kier molecular flexibility index (Phi) is 4.08. The number of halogens is 1. The second kappa shape index (κ2) is 5.96. The Morgan fingerprint density at radius 1 is 1.19 bits per heavy atom. The van der Waals surface area contributed by atoms with Gasteiger partial charge in [0.05, 0.1) is 4.92 Å². The van der Waals surface area contributed by atoms with Crippen molar-refractivity contribution in [3.63, 3.8) is 0 Å². The molecule has 0 saturated carbocycles. The second-order valence-electron chi connectivity index (χ2n) is 4.21. The molecule has 5 nitrogen and oxygen atoms in total. The van der Waals surface area contributed by atoms with E-state index in [9.17, 15) is 24.4 Å². The van der Waals surface area contributed by atoms with Crippen molar-refractivity contribution in [2.75, 3.05) is 0 Å². The molecule has 106 valence electrons. The molecule has 21 heavy (non-hydrogen) atoms. The van der Waals surface area contributed by atoms with Gasteiger partial charge in [0.25, 0.3) is 0 Å². The number of benzene rings is 2. The molecule has 0 bridgehead atoms. The normalized spacial score (nSPS) is 10.7. The molecule has 6 heteroatoms. The lowest BCUT2D eigenvalue weighted by Crippen LogP contribution is -1.94. The number of carbonyl (C=O) groups excluding carboxylic acids is 1. The molecule has 1 N–H and O–H groups in total. The highest BCUT2D eigenvalue weighted by Crippen LogP contribution is 2.26. The molecule has 0 aliphatic heterocycles. The van der Waals surface area contributed by atoms with Crippen molar-refractivity contribution in [2.45, 2.75) is 0 Å². The molecule has 0 aliphatic carbocycles. The van der Waals surface area contributed by atoms with E-state index in [1.165, 1.54) is 48.6 Å². The summed E-state index contributed by atoms with van der Waals surface area (Å²) in [5, 5.41) is 20.0. The molecular formula is C15H10FNO4. The van der Waals surface area contributed by atoms with Gasteiger partial charge in [0.2, 0.25) is 0 Å². The first-order valence-corrected chi connectivity index (χ1v) is 5.93. The minimum atomic E-state index is -0.714. The number of hydrogen-bond acceptors (Lipinski definition) is 4. The highest BCUT2D eigenvalue weighted by molar-refractivity contribution is 6.06. The third-order valence-electron chi connectivity index (χ3n) is 2.75. The molecule has 0 fully saturated rings. The van der Waals surface area contributed by atoms with Gasteiger partial charge in [-0.3, -0.25) is 14.9 Å².